The van der Waals surface area contributed by atoms with Crippen LogP contribution in [-0.4, -0.2) is 34.7 Å². The van der Waals surface area contributed by atoms with Crippen LogP contribution in [0.3, 0.4) is 0 Å². The Labute approximate surface area is 94.8 Å². The molecule has 1 aromatic rings. The van der Waals surface area contributed by atoms with Crippen LogP contribution in [0.15, 0.2) is 10.9 Å². The van der Waals surface area contributed by atoms with Crippen molar-refractivity contribution < 1.29 is 5.11 Å². The molecule has 1 aromatic heterocycles. The molecule has 1 heterocycles. The van der Waals surface area contributed by atoms with Gasteiger partial charge in [0, 0.05) is 18.5 Å². The lowest BCUT2D eigenvalue weighted by molar-refractivity contribution is 0.107. The van der Waals surface area contributed by atoms with Crippen LogP contribution in [0.5, 0.6) is 0 Å². The third-order valence-electron chi connectivity index (χ3n) is 3.08. The highest BCUT2D eigenvalue weighted by atomic mass is 32.1. The molecule has 0 bridgehead atoms. The molecule has 15 heavy (non-hydrogen) atoms. The number of aliphatic hydroxyl groups excluding tert-OH is 1. The predicted octanol–water partition coefficient (Wildman–Crippen LogP) is 1.74. The fourth-order valence-electron chi connectivity index (χ4n) is 2.29. The standard InChI is InChI=1S/C11H18N2OS/c1-13(6-10-7-15-8-12-10)5-9-3-2-4-11(9)14/h7-9,11,14H,2-6H2,1H3. The van der Waals surface area contributed by atoms with Gasteiger partial charge in [-0.3, -0.25) is 0 Å². The molecule has 3 nitrogen and oxygen atoms in total. The Morgan fingerprint density at radius 1 is 1.60 bits per heavy atom. The second-order valence-electron chi connectivity index (χ2n) is 4.43. The summed E-state index contributed by atoms with van der Waals surface area (Å²) in [6.07, 6.45) is 3.25. The van der Waals surface area contributed by atoms with Crippen molar-refractivity contribution >= 4 is 11.3 Å². The Balaban J connectivity index is 1.79. The van der Waals surface area contributed by atoms with Gasteiger partial charge in [-0.05, 0) is 25.8 Å². The highest BCUT2D eigenvalue weighted by Gasteiger charge is 2.26. The van der Waals surface area contributed by atoms with Crippen molar-refractivity contribution in [2.45, 2.75) is 31.9 Å². The number of aromatic nitrogens is 1. The summed E-state index contributed by atoms with van der Waals surface area (Å²) in [5.74, 6) is 0.466. The minimum Gasteiger partial charge on any atom is -0.393 e. The molecule has 0 aliphatic heterocycles. The molecule has 1 aliphatic carbocycles. The topological polar surface area (TPSA) is 36.4 Å². The zero-order chi connectivity index (χ0) is 10.7. The van der Waals surface area contributed by atoms with Crippen molar-refractivity contribution in [2.24, 2.45) is 5.92 Å². The number of aliphatic hydroxyl groups is 1. The Kier molecular flexibility index (Phi) is 3.72. The van der Waals surface area contributed by atoms with Crippen LogP contribution in [0.4, 0.5) is 0 Å². The summed E-state index contributed by atoms with van der Waals surface area (Å²) in [6.45, 7) is 1.88. The van der Waals surface area contributed by atoms with E-state index in [-0.39, 0.29) is 6.10 Å². The summed E-state index contributed by atoms with van der Waals surface area (Å²) in [5, 5.41) is 11.8. The molecular formula is C11H18N2OS. The first-order valence-corrected chi connectivity index (χ1v) is 6.43. The first kappa shape index (κ1) is 11.0. The van der Waals surface area contributed by atoms with Gasteiger partial charge in [0.1, 0.15) is 0 Å². The summed E-state index contributed by atoms with van der Waals surface area (Å²) < 4.78 is 0. The van der Waals surface area contributed by atoms with E-state index in [0.29, 0.717) is 5.92 Å². The van der Waals surface area contributed by atoms with Crippen LogP contribution in [0.25, 0.3) is 0 Å². The summed E-state index contributed by atoms with van der Waals surface area (Å²) >= 11 is 1.64. The van der Waals surface area contributed by atoms with Crippen LogP contribution in [-0.2, 0) is 6.54 Å². The Bertz CT molecular complexity index is 289. The van der Waals surface area contributed by atoms with Gasteiger partial charge in [0.15, 0.2) is 0 Å². The summed E-state index contributed by atoms with van der Waals surface area (Å²) in [7, 11) is 2.10. The van der Waals surface area contributed by atoms with E-state index in [1.807, 2.05) is 5.51 Å². The van der Waals surface area contributed by atoms with Gasteiger partial charge >= 0.3 is 0 Å². The van der Waals surface area contributed by atoms with Crippen molar-refractivity contribution in [1.82, 2.24) is 9.88 Å². The predicted molar refractivity (Wildman–Crippen MR) is 61.8 cm³/mol. The molecule has 84 valence electrons. The molecular weight excluding hydrogens is 208 g/mol. The number of hydrogen-bond donors (Lipinski definition) is 1. The van der Waals surface area contributed by atoms with E-state index in [1.54, 1.807) is 11.3 Å². The van der Waals surface area contributed by atoms with E-state index in [0.717, 1.165) is 25.2 Å². The second-order valence-corrected chi connectivity index (χ2v) is 5.15. The smallest absolute Gasteiger partial charge is 0.0795 e. The van der Waals surface area contributed by atoms with Gasteiger partial charge in [-0.1, -0.05) is 6.42 Å². The zero-order valence-corrected chi connectivity index (χ0v) is 9.91. The molecule has 0 radical (unpaired) electrons. The molecule has 1 saturated carbocycles. The van der Waals surface area contributed by atoms with Crippen LogP contribution in [0, 0.1) is 5.92 Å². The molecule has 0 spiro atoms. The van der Waals surface area contributed by atoms with Crippen molar-refractivity contribution in [1.29, 1.82) is 0 Å². The molecule has 2 unspecified atom stereocenters. The minimum absolute atomic E-state index is 0.0807. The lowest BCUT2D eigenvalue weighted by Gasteiger charge is -2.22. The molecule has 2 atom stereocenters. The quantitative estimate of drug-likeness (QED) is 0.849. The van der Waals surface area contributed by atoms with E-state index in [1.165, 1.54) is 12.8 Å². The molecule has 0 saturated heterocycles. The third-order valence-corrected chi connectivity index (χ3v) is 3.72. The maximum absolute atomic E-state index is 9.72. The van der Waals surface area contributed by atoms with E-state index in [9.17, 15) is 5.11 Å². The maximum atomic E-state index is 9.72. The lowest BCUT2D eigenvalue weighted by Crippen LogP contribution is -2.29. The van der Waals surface area contributed by atoms with E-state index < -0.39 is 0 Å². The molecule has 4 heteroatoms. The zero-order valence-electron chi connectivity index (χ0n) is 9.09. The SMILES string of the molecule is CN(Cc1cscn1)CC1CCCC1O. The highest BCUT2D eigenvalue weighted by Crippen LogP contribution is 2.26. The largest absolute Gasteiger partial charge is 0.393 e. The van der Waals surface area contributed by atoms with Crippen molar-refractivity contribution in [3.05, 3.63) is 16.6 Å². The molecule has 0 amide bonds. The first-order chi connectivity index (χ1) is 7.25. The minimum atomic E-state index is -0.0807. The average Bonchev–Trinajstić information content (AvgIpc) is 2.79. The van der Waals surface area contributed by atoms with Crippen LogP contribution < -0.4 is 0 Å². The summed E-state index contributed by atoms with van der Waals surface area (Å²) in [4.78, 5) is 6.52. The van der Waals surface area contributed by atoms with Gasteiger partial charge in [0.25, 0.3) is 0 Å². The number of thiazole rings is 1. The third kappa shape index (κ3) is 3.00. The Morgan fingerprint density at radius 2 is 2.47 bits per heavy atom. The van der Waals surface area contributed by atoms with Crippen LogP contribution in [0.2, 0.25) is 0 Å². The van der Waals surface area contributed by atoms with E-state index in [4.69, 9.17) is 0 Å². The Hall–Kier alpha value is -0.450. The monoisotopic (exact) mass is 226 g/mol. The fraction of sp³-hybridized carbons (Fsp3) is 0.727. The molecule has 1 N–H and O–H groups in total. The second kappa shape index (κ2) is 5.05. The van der Waals surface area contributed by atoms with Crippen LogP contribution in [0.1, 0.15) is 25.0 Å². The van der Waals surface area contributed by atoms with Gasteiger partial charge in [-0.15, -0.1) is 11.3 Å². The van der Waals surface area contributed by atoms with E-state index >= 15 is 0 Å². The van der Waals surface area contributed by atoms with E-state index in [2.05, 4.69) is 22.3 Å². The molecule has 2 rings (SSSR count). The molecule has 1 fully saturated rings. The average molecular weight is 226 g/mol. The lowest BCUT2D eigenvalue weighted by atomic mass is 10.1. The number of rotatable bonds is 4. The summed E-state index contributed by atoms with van der Waals surface area (Å²) in [6, 6.07) is 0. The molecule has 1 aliphatic rings. The summed E-state index contributed by atoms with van der Waals surface area (Å²) in [5.41, 5.74) is 3.00. The van der Waals surface area contributed by atoms with Gasteiger partial charge in [-0.2, -0.15) is 0 Å². The van der Waals surface area contributed by atoms with Gasteiger partial charge in [0.05, 0.1) is 17.3 Å². The first-order valence-electron chi connectivity index (χ1n) is 5.49. The normalized spacial score (nSPS) is 26.3. The van der Waals surface area contributed by atoms with Gasteiger partial charge < -0.3 is 10.0 Å². The molecule has 0 aromatic carbocycles. The van der Waals surface area contributed by atoms with Gasteiger partial charge in [-0.25, -0.2) is 4.98 Å². The Morgan fingerprint density at radius 3 is 3.07 bits per heavy atom. The van der Waals surface area contributed by atoms with Crippen molar-refractivity contribution in [2.75, 3.05) is 13.6 Å². The number of hydrogen-bond acceptors (Lipinski definition) is 4. The number of nitrogens with zero attached hydrogens (tertiary/aromatic N) is 2. The van der Waals surface area contributed by atoms with Crippen molar-refractivity contribution in [3.63, 3.8) is 0 Å². The fourth-order valence-corrected chi connectivity index (χ4v) is 2.84. The maximum Gasteiger partial charge on any atom is 0.0795 e. The van der Waals surface area contributed by atoms with Gasteiger partial charge in [0.2, 0.25) is 0 Å². The van der Waals surface area contributed by atoms with Crippen LogP contribution >= 0.6 is 11.3 Å². The highest BCUT2D eigenvalue weighted by molar-refractivity contribution is 7.07. The van der Waals surface area contributed by atoms with Crippen molar-refractivity contribution in [3.8, 4) is 0 Å².